The number of halogens is 1. The normalized spacial score (nSPS) is 26.7. The molecule has 3 atom stereocenters. The molecule has 1 aliphatic carbocycles. The SMILES string of the molecule is Brc1ccccc1[C@@]1(c2ccccc2)[C@@H](/C=C/c2ccccc2)[C@H]1N1CCOCC1. The van der Waals surface area contributed by atoms with Gasteiger partial charge in [0.2, 0.25) is 0 Å². The van der Waals surface area contributed by atoms with Crippen LogP contribution in [-0.2, 0) is 10.2 Å². The van der Waals surface area contributed by atoms with Crippen LogP contribution in [0, 0.1) is 5.92 Å². The lowest BCUT2D eigenvalue weighted by molar-refractivity contribution is 0.0302. The lowest BCUT2D eigenvalue weighted by Gasteiger charge is -2.30. The fourth-order valence-electron chi connectivity index (χ4n) is 5.17. The second-order valence-electron chi connectivity index (χ2n) is 8.10. The maximum Gasteiger partial charge on any atom is 0.0594 e. The molecule has 1 aliphatic heterocycles. The second kappa shape index (κ2) is 8.50. The predicted octanol–water partition coefficient (Wildman–Crippen LogP) is 5.78. The van der Waals surface area contributed by atoms with Gasteiger partial charge in [-0.15, -0.1) is 0 Å². The Bertz CT molecular complexity index is 1010. The molecule has 1 heterocycles. The molecule has 3 aromatic rings. The third-order valence-corrected chi connectivity index (χ3v) is 7.22. The van der Waals surface area contributed by atoms with Gasteiger partial charge < -0.3 is 4.74 Å². The van der Waals surface area contributed by atoms with Crippen LogP contribution in [0.1, 0.15) is 16.7 Å². The van der Waals surface area contributed by atoms with Gasteiger partial charge in [-0.2, -0.15) is 0 Å². The molecule has 2 nitrogen and oxygen atoms in total. The van der Waals surface area contributed by atoms with Gasteiger partial charge in [0.15, 0.2) is 0 Å². The summed E-state index contributed by atoms with van der Waals surface area (Å²) in [4.78, 5) is 2.63. The summed E-state index contributed by atoms with van der Waals surface area (Å²) in [5, 5.41) is 0. The van der Waals surface area contributed by atoms with Crippen molar-refractivity contribution in [3.8, 4) is 0 Å². The summed E-state index contributed by atoms with van der Waals surface area (Å²) < 4.78 is 6.86. The van der Waals surface area contributed by atoms with Crippen LogP contribution >= 0.6 is 15.9 Å². The third kappa shape index (κ3) is 3.45. The molecular formula is C27H26BrNO. The number of hydrogen-bond acceptors (Lipinski definition) is 2. The highest BCUT2D eigenvalue weighted by atomic mass is 79.9. The van der Waals surface area contributed by atoms with Crippen LogP contribution < -0.4 is 0 Å². The number of hydrogen-bond donors (Lipinski definition) is 0. The highest BCUT2D eigenvalue weighted by molar-refractivity contribution is 9.10. The molecule has 3 heteroatoms. The van der Waals surface area contributed by atoms with Crippen molar-refractivity contribution in [2.45, 2.75) is 11.5 Å². The van der Waals surface area contributed by atoms with Gasteiger partial charge in [0.05, 0.1) is 13.2 Å². The van der Waals surface area contributed by atoms with E-state index in [-0.39, 0.29) is 5.41 Å². The van der Waals surface area contributed by atoms with Crippen LogP contribution in [0.5, 0.6) is 0 Å². The highest BCUT2D eigenvalue weighted by Crippen LogP contribution is 2.63. The van der Waals surface area contributed by atoms with Crippen molar-refractivity contribution < 1.29 is 4.74 Å². The summed E-state index contributed by atoms with van der Waals surface area (Å²) in [5.74, 6) is 0.400. The minimum atomic E-state index is -0.0655. The lowest BCUT2D eigenvalue weighted by atomic mass is 9.84. The number of ether oxygens (including phenoxy) is 1. The molecule has 5 rings (SSSR count). The van der Waals surface area contributed by atoms with Gasteiger partial charge in [-0.1, -0.05) is 107 Å². The summed E-state index contributed by atoms with van der Waals surface area (Å²) in [6.07, 6.45) is 4.72. The van der Waals surface area contributed by atoms with Crippen LogP contribution in [-0.4, -0.2) is 37.2 Å². The van der Waals surface area contributed by atoms with E-state index in [9.17, 15) is 0 Å². The Kier molecular flexibility index (Phi) is 5.60. The van der Waals surface area contributed by atoms with E-state index >= 15 is 0 Å². The number of morpholine rings is 1. The zero-order valence-electron chi connectivity index (χ0n) is 17.0. The predicted molar refractivity (Wildman–Crippen MR) is 127 cm³/mol. The van der Waals surface area contributed by atoms with E-state index in [1.165, 1.54) is 21.2 Å². The molecule has 0 amide bonds. The topological polar surface area (TPSA) is 12.5 Å². The molecule has 3 aromatic carbocycles. The molecular weight excluding hydrogens is 434 g/mol. The average molecular weight is 460 g/mol. The lowest BCUT2D eigenvalue weighted by Crippen LogP contribution is -2.41. The van der Waals surface area contributed by atoms with Gasteiger partial charge >= 0.3 is 0 Å². The molecule has 0 unspecified atom stereocenters. The van der Waals surface area contributed by atoms with Crippen molar-refractivity contribution in [1.29, 1.82) is 0 Å². The summed E-state index contributed by atoms with van der Waals surface area (Å²) >= 11 is 3.88. The highest BCUT2D eigenvalue weighted by Gasteiger charge is 2.67. The first-order valence-corrected chi connectivity index (χ1v) is 11.5. The molecule has 30 heavy (non-hydrogen) atoms. The Balaban J connectivity index is 1.63. The Hall–Kier alpha value is -2.20. The second-order valence-corrected chi connectivity index (χ2v) is 8.96. The molecule has 152 valence electrons. The van der Waals surface area contributed by atoms with Crippen molar-refractivity contribution in [1.82, 2.24) is 4.90 Å². The van der Waals surface area contributed by atoms with Gasteiger partial charge in [-0.05, 0) is 22.8 Å². The minimum absolute atomic E-state index is 0.0655. The summed E-state index contributed by atoms with van der Waals surface area (Å²) in [6, 6.07) is 30.8. The Labute approximate surface area is 187 Å². The smallest absolute Gasteiger partial charge is 0.0594 e. The van der Waals surface area contributed by atoms with Crippen molar-refractivity contribution >= 4 is 22.0 Å². The quantitative estimate of drug-likeness (QED) is 0.479. The Morgan fingerprint density at radius 1 is 0.833 bits per heavy atom. The van der Waals surface area contributed by atoms with E-state index in [4.69, 9.17) is 4.74 Å². The van der Waals surface area contributed by atoms with Gasteiger partial charge in [-0.25, -0.2) is 0 Å². The van der Waals surface area contributed by atoms with E-state index in [1.807, 2.05) is 0 Å². The molecule has 0 aromatic heterocycles. The molecule has 1 saturated carbocycles. The van der Waals surface area contributed by atoms with Crippen LogP contribution in [0.4, 0.5) is 0 Å². The van der Waals surface area contributed by atoms with E-state index in [0.717, 1.165) is 26.3 Å². The molecule has 0 spiro atoms. The molecule has 0 N–H and O–H groups in total. The minimum Gasteiger partial charge on any atom is -0.379 e. The first kappa shape index (κ1) is 19.7. The fraction of sp³-hybridized carbons (Fsp3) is 0.259. The van der Waals surface area contributed by atoms with Crippen molar-refractivity contribution in [2.75, 3.05) is 26.3 Å². The Morgan fingerprint density at radius 3 is 2.17 bits per heavy atom. The number of nitrogens with zero attached hydrogens (tertiary/aromatic N) is 1. The maximum atomic E-state index is 5.68. The van der Waals surface area contributed by atoms with E-state index in [1.54, 1.807) is 0 Å². The average Bonchev–Trinajstić information content (AvgIpc) is 3.49. The maximum absolute atomic E-state index is 5.68. The molecule has 2 fully saturated rings. The van der Waals surface area contributed by atoms with Gasteiger partial charge in [0.1, 0.15) is 0 Å². The van der Waals surface area contributed by atoms with Crippen molar-refractivity contribution in [3.05, 3.63) is 112 Å². The van der Waals surface area contributed by atoms with Crippen LogP contribution in [0.3, 0.4) is 0 Å². The zero-order valence-corrected chi connectivity index (χ0v) is 18.5. The molecule has 0 bridgehead atoms. The summed E-state index contributed by atoms with van der Waals surface area (Å²) in [7, 11) is 0. The van der Waals surface area contributed by atoms with E-state index < -0.39 is 0 Å². The van der Waals surface area contributed by atoms with Crippen LogP contribution in [0.25, 0.3) is 6.08 Å². The first-order chi connectivity index (χ1) is 14.8. The number of benzene rings is 3. The largest absolute Gasteiger partial charge is 0.379 e. The van der Waals surface area contributed by atoms with Crippen molar-refractivity contribution in [3.63, 3.8) is 0 Å². The van der Waals surface area contributed by atoms with Crippen LogP contribution in [0.2, 0.25) is 0 Å². The summed E-state index contributed by atoms with van der Waals surface area (Å²) in [6.45, 7) is 3.59. The first-order valence-electron chi connectivity index (χ1n) is 10.7. The van der Waals surface area contributed by atoms with Gasteiger partial charge in [0, 0.05) is 34.9 Å². The number of rotatable bonds is 5. The molecule has 0 radical (unpaired) electrons. The van der Waals surface area contributed by atoms with E-state index in [2.05, 4.69) is 118 Å². The fourth-order valence-corrected chi connectivity index (χ4v) is 5.78. The van der Waals surface area contributed by atoms with Crippen LogP contribution in [0.15, 0.2) is 95.5 Å². The molecule has 2 aliphatic rings. The van der Waals surface area contributed by atoms with Gasteiger partial charge in [-0.3, -0.25) is 4.90 Å². The summed E-state index contributed by atoms with van der Waals surface area (Å²) in [5.41, 5.74) is 3.94. The van der Waals surface area contributed by atoms with Gasteiger partial charge in [0.25, 0.3) is 0 Å². The standard InChI is InChI=1S/C27H26BrNO/c28-25-14-8-7-13-23(25)27(22-11-5-2-6-12-22)24(16-15-21-9-3-1-4-10-21)26(27)29-17-19-30-20-18-29/h1-16,24,26H,17-20H2/b16-15+/t24-,26+,27-/m0/s1. The monoisotopic (exact) mass is 459 g/mol. The Morgan fingerprint density at radius 2 is 1.47 bits per heavy atom. The third-order valence-electron chi connectivity index (χ3n) is 6.53. The van der Waals surface area contributed by atoms with E-state index in [0.29, 0.717) is 12.0 Å². The van der Waals surface area contributed by atoms with Crippen molar-refractivity contribution in [2.24, 2.45) is 5.92 Å². The zero-order chi connectivity index (χ0) is 20.4. The molecule has 1 saturated heterocycles.